The summed E-state index contributed by atoms with van der Waals surface area (Å²) in [6.45, 7) is 3.41. The molecule has 2 aromatic rings. The Kier molecular flexibility index (Phi) is 5.15. The van der Waals surface area contributed by atoms with Crippen molar-refractivity contribution in [3.8, 4) is 0 Å². The quantitative estimate of drug-likeness (QED) is 0.865. The van der Waals surface area contributed by atoms with Gasteiger partial charge < -0.3 is 9.64 Å². The molecule has 0 saturated carbocycles. The van der Waals surface area contributed by atoms with Crippen LogP contribution in [0.2, 0.25) is 0 Å². The fourth-order valence-electron chi connectivity index (χ4n) is 2.77. The van der Waals surface area contributed by atoms with E-state index >= 15 is 0 Å². The molecule has 1 aliphatic heterocycles. The Labute approximate surface area is 140 Å². The average molecular weight is 329 g/mol. The second kappa shape index (κ2) is 7.49. The number of carbonyl (C=O) groups excluding carboxylic acids is 1. The second-order valence-corrected chi connectivity index (χ2v) is 5.85. The van der Waals surface area contributed by atoms with E-state index in [1.165, 1.54) is 12.1 Å². The number of rotatable bonds is 4. The maximum absolute atomic E-state index is 12.9. The van der Waals surface area contributed by atoms with Crippen molar-refractivity contribution in [2.75, 3.05) is 19.7 Å². The maximum atomic E-state index is 12.9. The van der Waals surface area contributed by atoms with E-state index in [9.17, 15) is 9.18 Å². The number of aromatic nitrogens is 2. The monoisotopic (exact) mass is 329 g/mol. The predicted octanol–water partition coefficient (Wildman–Crippen LogP) is 2.46. The van der Waals surface area contributed by atoms with Gasteiger partial charge in [0.05, 0.1) is 18.8 Å². The first-order valence-corrected chi connectivity index (χ1v) is 8.05. The van der Waals surface area contributed by atoms with E-state index in [4.69, 9.17) is 4.74 Å². The van der Waals surface area contributed by atoms with Crippen molar-refractivity contribution in [1.82, 2.24) is 14.9 Å². The molecule has 126 valence electrons. The third kappa shape index (κ3) is 4.14. The maximum Gasteiger partial charge on any atom is 0.223 e. The van der Waals surface area contributed by atoms with Crippen LogP contribution in [-0.4, -0.2) is 40.5 Å². The number of amides is 1. The van der Waals surface area contributed by atoms with Gasteiger partial charge in [0, 0.05) is 19.2 Å². The minimum Gasteiger partial charge on any atom is -0.368 e. The average Bonchev–Trinajstić information content (AvgIpc) is 2.61. The molecule has 3 rings (SSSR count). The first kappa shape index (κ1) is 16.5. The summed E-state index contributed by atoms with van der Waals surface area (Å²) in [6.07, 6.45) is 2.50. The molecule has 1 aromatic heterocycles. The van der Waals surface area contributed by atoms with Crippen LogP contribution >= 0.6 is 0 Å². The fraction of sp³-hybridized carbons (Fsp3) is 0.389. The van der Waals surface area contributed by atoms with Gasteiger partial charge in [-0.15, -0.1) is 0 Å². The molecule has 5 nitrogen and oxygen atoms in total. The van der Waals surface area contributed by atoms with Gasteiger partial charge in [0.25, 0.3) is 0 Å². The van der Waals surface area contributed by atoms with Crippen LogP contribution < -0.4 is 0 Å². The topological polar surface area (TPSA) is 55.3 Å². The molecular formula is C18H20FN3O2. The van der Waals surface area contributed by atoms with E-state index in [2.05, 4.69) is 9.97 Å². The zero-order valence-corrected chi connectivity index (χ0v) is 13.6. The Morgan fingerprint density at radius 2 is 2.12 bits per heavy atom. The van der Waals surface area contributed by atoms with Crippen molar-refractivity contribution < 1.29 is 13.9 Å². The van der Waals surface area contributed by atoms with E-state index in [0.717, 1.165) is 11.3 Å². The highest BCUT2D eigenvalue weighted by Crippen LogP contribution is 2.21. The predicted molar refractivity (Wildman–Crippen MR) is 86.8 cm³/mol. The Balaban J connectivity index is 1.57. The number of ether oxygens (including phenoxy) is 1. The Morgan fingerprint density at radius 1 is 1.33 bits per heavy atom. The molecule has 0 spiro atoms. The zero-order valence-electron chi connectivity index (χ0n) is 13.6. The highest BCUT2D eigenvalue weighted by molar-refractivity contribution is 5.76. The molecule has 1 fully saturated rings. The zero-order chi connectivity index (χ0) is 16.9. The van der Waals surface area contributed by atoms with Gasteiger partial charge in [-0.1, -0.05) is 12.1 Å². The van der Waals surface area contributed by atoms with E-state index in [1.807, 2.05) is 17.9 Å². The minimum absolute atomic E-state index is 0.0819. The smallest absolute Gasteiger partial charge is 0.223 e. The molecule has 0 radical (unpaired) electrons. The first-order valence-electron chi connectivity index (χ1n) is 8.05. The van der Waals surface area contributed by atoms with Crippen molar-refractivity contribution >= 4 is 5.91 Å². The number of aryl methyl sites for hydroxylation is 2. The summed E-state index contributed by atoms with van der Waals surface area (Å²) in [7, 11) is 0. The normalized spacial score (nSPS) is 17.8. The molecule has 1 unspecified atom stereocenters. The molecule has 1 saturated heterocycles. The van der Waals surface area contributed by atoms with E-state index in [1.54, 1.807) is 18.3 Å². The largest absolute Gasteiger partial charge is 0.368 e. The number of morpholine rings is 1. The molecule has 0 N–H and O–H groups in total. The van der Waals surface area contributed by atoms with Gasteiger partial charge in [0.15, 0.2) is 0 Å². The number of hydrogen-bond donors (Lipinski definition) is 0. The summed E-state index contributed by atoms with van der Waals surface area (Å²) in [6, 6.07) is 8.09. The summed E-state index contributed by atoms with van der Waals surface area (Å²) in [5, 5.41) is 0. The van der Waals surface area contributed by atoms with Crippen molar-refractivity contribution in [2.45, 2.75) is 25.9 Å². The van der Waals surface area contributed by atoms with E-state index < -0.39 is 0 Å². The third-order valence-corrected chi connectivity index (χ3v) is 4.09. The molecule has 0 aliphatic carbocycles. The molecule has 1 amide bonds. The van der Waals surface area contributed by atoms with Crippen LogP contribution in [0, 0.1) is 12.7 Å². The summed E-state index contributed by atoms with van der Waals surface area (Å²) in [5.41, 5.74) is 1.76. The van der Waals surface area contributed by atoms with Crippen LogP contribution in [0.4, 0.5) is 4.39 Å². The molecule has 1 aliphatic rings. The number of hydrogen-bond acceptors (Lipinski definition) is 4. The lowest BCUT2D eigenvalue weighted by Crippen LogP contribution is -2.42. The van der Waals surface area contributed by atoms with Gasteiger partial charge in [0.1, 0.15) is 17.7 Å². The van der Waals surface area contributed by atoms with Gasteiger partial charge in [0.2, 0.25) is 5.91 Å². The first-order chi connectivity index (χ1) is 11.6. The Hall–Kier alpha value is -2.34. The van der Waals surface area contributed by atoms with Crippen molar-refractivity contribution in [1.29, 1.82) is 0 Å². The molecule has 6 heteroatoms. The van der Waals surface area contributed by atoms with E-state index in [0.29, 0.717) is 38.4 Å². The SMILES string of the molecule is Cc1nccc(C2CN(C(=O)CCc3ccc(F)cc3)CCO2)n1. The second-order valence-electron chi connectivity index (χ2n) is 5.85. The lowest BCUT2D eigenvalue weighted by atomic mass is 10.1. The number of benzene rings is 1. The van der Waals surface area contributed by atoms with Gasteiger partial charge >= 0.3 is 0 Å². The Bertz CT molecular complexity index is 706. The van der Waals surface area contributed by atoms with Gasteiger partial charge in [-0.25, -0.2) is 14.4 Å². The van der Waals surface area contributed by atoms with Gasteiger partial charge in [-0.2, -0.15) is 0 Å². The lowest BCUT2D eigenvalue weighted by Gasteiger charge is -2.32. The summed E-state index contributed by atoms with van der Waals surface area (Å²) in [4.78, 5) is 22.7. The molecule has 2 heterocycles. The molecule has 1 aromatic carbocycles. The summed E-state index contributed by atoms with van der Waals surface area (Å²) in [5.74, 6) is 0.510. The molecule has 0 bridgehead atoms. The Morgan fingerprint density at radius 3 is 2.88 bits per heavy atom. The van der Waals surface area contributed by atoms with Crippen LogP contribution in [0.25, 0.3) is 0 Å². The summed E-state index contributed by atoms with van der Waals surface area (Å²) < 4.78 is 18.7. The highest BCUT2D eigenvalue weighted by atomic mass is 19.1. The van der Waals surface area contributed by atoms with Crippen LogP contribution in [0.5, 0.6) is 0 Å². The van der Waals surface area contributed by atoms with Gasteiger partial charge in [-0.3, -0.25) is 4.79 Å². The third-order valence-electron chi connectivity index (χ3n) is 4.09. The summed E-state index contributed by atoms with van der Waals surface area (Å²) >= 11 is 0. The lowest BCUT2D eigenvalue weighted by molar-refractivity contribution is -0.139. The van der Waals surface area contributed by atoms with Crippen LogP contribution in [0.3, 0.4) is 0 Å². The number of nitrogens with zero attached hydrogens (tertiary/aromatic N) is 3. The number of carbonyl (C=O) groups is 1. The molecular weight excluding hydrogens is 309 g/mol. The van der Waals surface area contributed by atoms with Crippen molar-refractivity contribution in [2.24, 2.45) is 0 Å². The fourth-order valence-corrected chi connectivity index (χ4v) is 2.77. The minimum atomic E-state index is -0.263. The highest BCUT2D eigenvalue weighted by Gasteiger charge is 2.26. The molecule has 24 heavy (non-hydrogen) atoms. The van der Waals surface area contributed by atoms with Crippen LogP contribution in [0.1, 0.15) is 29.6 Å². The standard InChI is InChI=1S/C18H20FN3O2/c1-13-20-9-8-16(21-13)17-12-22(10-11-24-17)18(23)7-4-14-2-5-15(19)6-3-14/h2-3,5-6,8-9,17H,4,7,10-12H2,1H3. The van der Waals surface area contributed by atoms with Crippen molar-refractivity contribution in [3.05, 3.63) is 59.4 Å². The molecule has 1 atom stereocenters. The van der Waals surface area contributed by atoms with Crippen LogP contribution in [0.15, 0.2) is 36.5 Å². The number of halogens is 1. The van der Waals surface area contributed by atoms with Crippen LogP contribution in [-0.2, 0) is 16.0 Å². The van der Waals surface area contributed by atoms with E-state index in [-0.39, 0.29) is 17.8 Å². The van der Waals surface area contributed by atoms with Crippen molar-refractivity contribution in [3.63, 3.8) is 0 Å². The van der Waals surface area contributed by atoms with Gasteiger partial charge in [-0.05, 0) is 37.1 Å².